The SMILES string of the molecule is CCCCc1oc2ccccc2c1C(=O)c1cc(Cl)c(O)c(Cl)c1. The van der Waals surface area contributed by atoms with Gasteiger partial charge in [-0.3, -0.25) is 4.79 Å². The molecule has 0 spiro atoms. The van der Waals surface area contributed by atoms with E-state index in [-0.39, 0.29) is 21.6 Å². The fourth-order valence-corrected chi connectivity index (χ4v) is 3.19. The standard InChI is InChI=1S/C19H16Cl2O3/c1-2-3-7-16-17(12-6-4-5-8-15(12)24-16)18(22)11-9-13(20)19(23)14(21)10-11/h4-6,8-10,23H,2-3,7H2,1H3. The minimum atomic E-state index is -0.224. The molecule has 24 heavy (non-hydrogen) atoms. The molecule has 0 atom stereocenters. The van der Waals surface area contributed by atoms with Crippen LogP contribution in [0.2, 0.25) is 10.0 Å². The van der Waals surface area contributed by atoms with Crippen molar-refractivity contribution >= 4 is 40.0 Å². The quantitative estimate of drug-likeness (QED) is 0.564. The lowest BCUT2D eigenvalue weighted by molar-refractivity contribution is 0.103. The minimum Gasteiger partial charge on any atom is -0.505 e. The molecule has 0 aliphatic rings. The van der Waals surface area contributed by atoms with Crippen molar-refractivity contribution in [3.05, 3.63) is 63.3 Å². The second-order valence-corrected chi connectivity index (χ2v) is 6.43. The van der Waals surface area contributed by atoms with Crippen molar-refractivity contribution in [2.75, 3.05) is 0 Å². The van der Waals surface area contributed by atoms with E-state index < -0.39 is 0 Å². The third-order valence-electron chi connectivity index (χ3n) is 3.93. The van der Waals surface area contributed by atoms with E-state index in [9.17, 15) is 9.90 Å². The highest BCUT2D eigenvalue weighted by Gasteiger charge is 2.23. The van der Waals surface area contributed by atoms with Crippen molar-refractivity contribution in [2.45, 2.75) is 26.2 Å². The summed E-state index contributed by atoms with van der Waals surface area (Å²) in [5.41, 5.74) is 1.55. The Bertz CT molecular complexity index is 889. The van der Waals surface area contributed by atoms with E-state index in [1.54, 1.807) is 0 Å². The molecule has 5 heteroatoms. The van der Waals surface area contributed by atoms with Gasteiger partial charge in [-0.25, -0.2) is 0 Å². The predicted octanol–water partition coefficient (Wildman–Crippen LogP) is 6.02. The van der Waals surface area contributed by atoms with Gasteiger partial charge in [0.1, 0.15) is 11.3 Å². The zero-order chi connectivity index (χ0) is 17.3. The van der Waals surface area contributed by atoms with Crippen molar-refractivity contribution in [3.8, 4) is 5.75 Å². The van der Waals surface area contributed by atoms with E-state index >= 15 is 0 Å². The Morgan fingerprint density at radius 1 is 1.17 bits per heavy atom. The largest absolute Gasteiger partial charge is 0.505 e. The average molecular weight is 363 g/mol. The fourth-order valence-electron chi connectivity index (χ4n) is 2.70. The normalized spacial score (nSPS) is 11.1. The Labute approximate surface area is 149 Å². The number of furan rings is 1. The maximum absolute atomic E-state index is 13.1. The number of aryl methyl sites for hydroxylation is 1. The van der Waals surface area contributed by atoms with Crippen LogP contribution < -0.4 is 0 Å². The minimum absolute atomic E-state index is 0.0498. The average Bonchev–Trinajstić information content (AvgIpc) is 2.95. The van der Waals surface area contributed by atoms with Crippen LogP contribution in [-0.2, 0) is 6.42 Å². The number of fused-ring (bicyclic) bond motifs is 1. The van der Waals surface area contributed by atoms with Crippen LogP contribution in [-0.4, -0.2) is 10.9 Å². The number of halogens is 2. The first kappa shape index (κ1) is 16.9. The lowest BCUT2D eigenvalue weighted by Gasteiger charge is -2.06. The first-order chi connectivity index (χ1) is 11.5. The number of unbranched alkanes of at least 4 members (excludes halogenated alkanes) is 1. The summed E-state index contributed by atoms with van der Waals surface area (Å²) in [6, 6.07) is 10.3. The van der Waals surface area contributed by atoms with Gasteiger partial charge in [-0.15, -0.1) is 0 Å². The van der Waals surface area contributed by atoms with Crippen LogP contribution in [0.15, 0.2) is 40.8 Å². The summed E-state index contributed by atoms with van der Waals surface area (Å²) >= 11 is 11.9. The van der Waals surface area contributed by atoms with Crippen LogP contribution in [0.3, 0.4) is 0 Å². The third-order valence-corrected chi connectivity index (χ3v) is 4.51. The number of phenolic OH excluding ortho intramolecular Hbond substituents is 1. The summed E-state index contributed by atoms with van der Waals surface area (Å²) in [4.78, 5) is 13.1. The molecule has 0 aliphatic heterocycles. The van der Waals surface area contributed by atoms with Crippen LogP contribution in [0, 0.1) is 0 Å². The molecule has 1 N–H and O–H groups in total. The van der Waals surface area contributed by atoms with Gasteiger partial charge in [0.05, 0.1) is 15.6 Å². The molecule has 0 radical (unpaired) electrons. The molecule has 3 nitrogen and oxygen atoms in total. The van der Waals surface area contributed by atoms with E-state index in [0.717, 1.165) is 18.2 Å². The van der Waals surface area contributed by atoms with Crippen molar-refractivity contribution < 1.29 is 14.3 Å². The van der Waals surface area contributed by atoms with Gasteiger partial charge in [0.2, 0.25) is 0 Å². The van der Waals surface area contributed by atoms with E-state index in [1.165, 1.54) is 12.1 Å². The fraction of sp³-hybridized carbons (Fsp3) is 0.211. The number of hydrogen-bond acceptors (Lipinski definition) is 3. The molecule has 0 fully saturated rings. The molecule has 0 bridgehead atoms. The molecule has 0 saturated carbocycles. The molecule has 124 valence electrons. The van der Waals surface area contributed by atoms with Crippen LogP contribution in [0.1, 0.15) is 41.4 Å². The molecule has 0 aliphatic carbocycles. The number of aromatic hydroxyl groups is 1. The van der Waals surface area contributed by atoms with Gasteiger partial charge in [-0.2, -0.15) is 0 Å². The van der Waals surface area contributed by atoms with Gasteiger partial charge >= 0.3 is 0 Å². The predicted molar refractivity (Wildman–Crippen MR) is 96.4 cm³/mol. The van der Waals surface area contributed by atoms with E-state index in [2.05, 4.69) is 6.92 Å². The zero-order valence-corrected chi connectivity index (χ0v) is 14.6. The first-order valence-electron chi connectivity index (χ1n) is 7.76. The second-order valence-electron chi connectivity index (χ2n) is 5.62. The maximum Gasteiger partial charge on any atom is 0.197 e. The molecule has 3 aromatic rings. The monoisotopic (exact) mass is 362 g/mol. The van der Waals surface area contributed by atoms with Crippen molar-refractivity contribution in [1.29, 1.82) is 0 Å². The molecule has 0 saturated heterocycles. The summed E-state index contributed by atoms with van der Waals surface area (Å²) in [6.45, 7) is 2.09. The number of carbonyl (C=O) groups excluding carboxylic acids is 1. The zero-order valence-electron chi connectivity index (χ0n) is 13.1. The molecule has 2 aromatic carbocycles. The molecule has 3 rings (SSSR count). The van der Waals surface area contributed by atoms with Gasteiger partial charge in [-0.1, -0.05) is 54.7 Å². The summed E-state index contributed by atoms with van der Waals surface area (Å²) in [5, 5.41) is 10.6. The number of carbonyl (C=O) groups is 1. The molecule has 0 amide bonds. The van der Waals surface area contributed by atoms with Crippen LogP contribution in [0.5, 0.6) is 5.75 Å². The van der Waals surface area contributed by atoms with Gasteiger partial charge in [-0.05, 0) is 24.6 Å². The van der Waals surface area contributed by atoms with Crippen LogP contribution >= 0.6 is 23.2 Å². The van der Waals surface area contributed by atoms with Gasteiger partial charge < -0.3 is 9.52 Å². The topological polar surface area (TPSA) is 50.4 Å². The number of benzene rings is 2. The Morgan fingerprint density at radius 2 is 1.83 bits per heavy atom. The lowest BCUT2D eigenvalue weighted by Crippen LogP contribution is -2.04. The van der Waals surface area contributed by atoms with Crippen molar-refractivity contribution in [1.82, 2.24) is 0 Å². The number of ketones is 1. The summed E-state index contributed by atoms with van der Waals surface area (Å²) in [5.74, 6) is 0.233. The molecule has 1 heterocycles. The second kappa shape index (κ2) is 6.88. The molecular weight excluding hydrogens is 347 g/mol. The number of hydrogen-bond donors (Lipinski definition) is 1. The van der Waals surface area contributed by atoms with E-state index in [4.69, 9.17) is 27.6 Å². The maximum atomic E-state index is 13.1. The Kier molecular flexibility index (Phi) is 4.83. The van der Waals surface area contributed by atoms with E-state index in [0.29, 0.717) is 28.9 Å². The Balaban J connectivity index is 2.15. The summed E-state index contributed by atoms with van der Waals surface area (Å²) in [6.07, 6.45) is 2.62. The first-order valence-corrected chi connectivity index (χ1v) is 8.51. The third kappa shape index (κ3) is 3.02. The Morgan fingerprint density at radius 3 is 2.50 bits per heavy atom. The summed E-state index contributed by atoms with van der Waals surface area (Å²) in [7, 11) is 0. The summed E-state index contributed by atoms with van der Waals surface area (Å²) < 4.78 is 5.89. The number of para-hydroxylation sites is 1. The highest BCUT2D eigenvalue weighted by atomic mass is 35.5. The lowest BCUT2D eigenvalue weighted by atomic mass is 9.98. The highest BCUT2D eigenvalue weighted by molar-refractivity contribution is 6.38. The van der Waals surface area contributed by atoms with Gasteiger partial charge in [0, 0.05) is 17.4 Å². The number of phenols is 1. The number of rotatable bonds is 5. The molecule has 1 aromatic heterocycles. The van der Waals surface area contributed by atoms with Crippen LogP contribution in [0.25, 0.3) is 11.0 Å². The van der Waals surface area contributed by atoms with Crippen molar-refractivity contribution in [3.63, 3.8) is 0 Å². The van der Waals surface area contributed by atoms with Gasteiger partial charge in [0.25, 0.3) is 0 Å². The van der Waals surface area contributed by atoms with Crippen LogP contribution in [0.4, 0.5) is 0 Å². The van der Waals surface area contributed by atoms with E-state index in [1.807, 2.05) is 24.3 Å². The molecule has 0 unspecified atom stereocenters. The van der Waals surface area contributed by atoms with Gasteiger partial charge in [0.15, 0.2) is 11.5 Å². The molecular formula is C19H16Cl2O3. The highest BCUT2D eigenvalue weighted by Crippen LogP contribution is 2.35. The smallest absolute Gasteiger partial charge is 0.197 e. The van der Waals surface area contributed by atoms with Crippen molar-refractivity contribution in [2.24, 2.45) is 0 Å². The Hall–Kier alpha value is -1.97.